The van der Waals surface area contributed by atoms with E-state index in [0.29, 0.717) is 11.2 Å². The molecule has 1 aromatic heterocycles. The number of anilines is 2. The zero-order valence-corrected chi connectivity index (χ0v) is 16.6. The number of hydrogen-bond acceptors (Lipinski definition) is 5. The lowest BCUT2D eigenvalue weighted by atomic mass is 9.98. The number of aryl methyl sites for hydroxylation is 1. The Kier molecular flexibility index (Phi) is 5.05. The van der Waals surface area contributed by atoms with Crippen LogP contribution in [0.1, 0.15) is 29.7 Å². The first-order chi connectivity index (χ1) is 13.5. The fraction of sp³-hybridized carbons (Fsp3) is 0.364. The lowest BCUT2D eigenvalue weighted by molar-refractivity contribution is 0.122. The topological polar surface area (TPSA) is 70.2 Å². The van der Waals surface area contributed by atoms with Crippen LogP contribution in [0.15, 0.2) is 41.2 Å². The smallest absolute Gasteiger partial charge is 0.272 e. The van der Waals surface area contributed by atoms with E-state index in [2.05, 4.69) is 65.5 Å². The van der Waals surface area contributed by atoms with Gasteiger partial charge < -0.3 is 15.0 Å². The van der Waals surface area contributed by atoms with Crippen molar-refractivity contribution in [3.05, 3.63) is 63.4 Å². The summed E-state index contributed by atoms with van der Waals surface area (Å²) in [5.41, 5.74) is 4.68. The van der Waals surface area contributed by atoms with Crippen LogP contribution in [0.4, 0.5) is 11.5 Å². The summed E-state index contributed by atoms with van der Waals surface area (Å²) < 4.78 is 5.45. The zero-order chi connectivity index (χ0) is 19.7. The monoisotopic (exact) mass is 378 g/mol. The average Bonchev–Trinajstić information content (AvgIpc) is 2.72. The Balaban J connectivity index is 1.72. The molecule has 0 spiro atoms. The van der Waals surface area contributed by atoms with Crippen molar-refractivity contribution >= 4 is 22.3 Å². The van der Waals surface area contributed by atoms with Crippen molar-refractivity contribution in [3.8, 4) is 0 Å². The molecule has 3 aromatic rings. The van der Waals surface area contributed by atoms with E-state index in [9.17, 15) is 4.79 Å². The van der Waals surface area contributed by atoms with Gasteiger partial charge in [-0.3, -0.25) is 4.79 Å². The van der Waals surface area contributed by atoms with Crippen LogP contribution in [0, 0.1) is 13.8 Å². The molecule has 2 N–H and O–H groups in total. The van der Waals surface area contributed by atoms with Crippen LogP contribution < -0.4 is 15.8 Å². The second-order valence-electron chi connectivity index (χ2n) is 7.39. The van der Waals surface area contributed by atoms with Gasteiger partial charge in [0.15, 0.2) is 5.82 Å². The highest BCUT2D eigenvalue weighted by Gasteiger charge is 2.16. The molecule has 0 radical (unpaired) electrons. The first-order valence-corrected chi connectivity index (χ1v) is 9.72. The Labute approximate surface area is 164 Å². The molecule has 6 heteroatoms. The average molecular weight is 378 g/mol. The molecule has 0 bridgehead atoms. The molecule has 28 heavy (non-hydrogen) atoms. The van der Waals surface area contributed by atoms with Crippen LogP contribution in [0.5, 0.6) is 0 Å². The summed E-state index contributed by atoms with van der Waals surface area (Å²) in [5.74, 6) is 0.693. The van der Waals surface area contributed by atoms with E-state index in [1.807, 2.05) is 12.1 Å². The summed E-state index contributed by atoms with van der Waals surface area (Å²) in [5, 5.41) is 11.9. The lowest BCUT2D eigenvalue weighted by Gasteiger charge is -2.29. The number of aromatic nitrogens is 2. The van der Waals surface area contributed by atoms with E-state index in [-0.39, 0.29) is 11.6 Å². The van der Waals surface area contributed by atoms with Crippen LogP contribution in [0.3, 0.4) is 0 Å². The van der Waals surface area contributed by atoms with E-state index in [4.69, 9.17) is 4.74 Å². The van der Waals surface area contributed by atoms with Crippen molar-refractivity contribution in [2.75, 3.05) is 36.5 Å². The van der Waals surface area contributed by atoms with Crippen LogP contribution >= 0.6 is 0 Å². The number of nitrogens with zero attached hydrogens (tertiary/aromatic N) is 2. The molecule has 1 fully saturated rings. The van der Waals surface area contributed by atoms with Crippen LogP contribution in [-0.4, -0.2) is 36.5 Å². The molecule has 0 amide bonds. The predicted molar refractivity (Wildman–Crippen MR) is 113 cm³/mol. The maximum atomic E-state index is 12.3. The third kappa shape index (κ3) is 3.47. The highest BCUT2D eigenvalue weighted by molar-refractivity contribution is 5.93. The number of rotatable bonds is 4. The van der Waals surface area contributed by atoms with E-state index in [0.717, 1.165) is 37.4 Å². The van der Waals surface area contributed by atoms with Crippen LogP contribution in [-0.2, 0) is 4.74 Å². The molecule has 2 aromatic carbocycles. The molecule has 1 aliphatic rings. The molecule has 0 aliphatic carbocycles. The SMILES string of the molecule is Cc1cccc([C@@H](C)Nc2n[nH]c(=O)c3ccc(N4CCOCC4)cc23)c1C. The quantitative estimate of drug-likeness (QED) is 0.727. The van der Waals surface area contributed by atoms with Gasteiger partial charge in [-0.2, -0.15) is 5.10 Å². The van der Waals surface area contributed by atoms with Crippen molar-refractivity contribution in [1.29, 1.82) is 0 Å². The maximum Gasteiger partial charge on any atom is 0.272 e. The largest absolute Gasteiger partial charge is 0.378 e. The van der Waals surface area contributed by atoms with Crippen LogP contribution in [0.2, 0.25) is 0 Å². The zero-order valence-electron chi connectivity index (χ0n) is 16.6. The maximum absolute atomic E-state index is 12.3. The van der Waals surface area contributed by atoms with E-state index >= 15 is 0 Å². The minimum absolute atomic E-state index is 0.0635. The highest BCUT2D eigenvalue weighted by atomic mass is 16.5. The fourth-order valence-corrected chi connectivity index (χ4v) is 3.81. The van der Waals surface area contributed by atoms with Crippen molar-refractivity contribution in [3.63, 3.8) is 0 Å². The van der Waals surface area contributed by atoms with E-state index in [1.165, 1.54) is 16.7 Å². The highest BCUT2D eigenvalue weighted by Crippen LogP contribution is 2.29. The van der Waals surface area contributed by atoms with E-state index < -0.39 is 0 Å². The molecule has 1 aliphatic heterocycles. The summed E-state index contributed by atoms with van der Waals surface area (Å²) in [6, 6.07) is 12.3. The molecule has 146 valence electrons. The Morgan fingerprint density at radius 3 is 2.71 bits per heavy atom. The standard InChI is InChI=1S/C22H26N4O2/c1-14-5-4-6-18(15(14)2)16(3)23-21-20-13-17(26-9-11-28-12-10-26)7-8-19(20)22(27)25-24-21/h4-8,13,16H,9-12H2,1-3H3,(H,23,24)(H,25,27)/t16-/m1/s1. The third-order valence-corrected chi connectivity index (χ3v) is 5.61. The van der Waals surface area contributed by atoms with Gasteiger partial charge in [0.1, 0.15) is 0 Å². The number of H-pyrrole nitrogens is 1. The van der Waals surface area contributed by atoms with Gasteiger partial charge in [-0.15, -0.1) is 0 Å². The molecule has 0 unspecified atom stereocenters. The number of benzene rings is 2. The molecule has 0 saturated carbocycles. The van der Waals surface area contributed by atoms with Crippen molar-refractivity contribution in [2.24, 2.45) is 0 Å². The molecular formula is C22H26N4O2. The Bertz CT molecular complexity index is 1050. The molecule has 1 atom stereocenters. The minimum atomic E-state index is -0.173. The number of fused-ring (bicyclic) bond motifs is 1. The minimum Gasteiger partial charge on any atom is -0.378 e. The summed E-state index contributed by atoms with van der Waals surface area (Å²) >= 11 is 0. The van der Waals surface area contributed by atoms with Crippen molar-refractivity contribution in [1.82, 2.24) is 10.2 Å². The van der Waals surface area contributed by atoms with Gasteiger partial charge in [-0.1, -0.05) is 18.2 Å². The Morgan fingerprint density at radius 2 is 1.93 bits per heavy atom. The fourth-order valence-electron chi connectivity index (χ4n) is 3.81. The van der Waals surface area contributed by atoms with Gasteiger partial charge in [0, 0.05) is 24.2 Å². The first kappa shape index (κ1) is 18.5. The Morgan fingerprint density at radius 1 is 1.14 bits per heavy atom. The molecule has 2 heterocycles. The number of hydrogen-bond donors (Lipinski definition) is 2. The lowest BCUT2D eigenvalue weighted by Crippen LogP contribution is -2.36. The predicted octanol–water partition coefficient (Wildman–Crippen LogP) is 3.55. The number of morpholine rings is 1. The summed E-state index contributed by atoms with van der Waals surface area (Å²) in [6.45, 7) is 9.52. The normalized spacial score (nSPS) is 15.6. The second kappa shape index (κ2) is 7.64. The number of aromatic amines is 1. The second-order valence-corrected chi connectivity index (χ2v) is 7.39. The Hall–Kier alpha value is -2.86. The van der Waals surface area contributed by atoms with Crippen molar-refractivity contribution in [2.45, 2.75) is 26.8 Å². The van der Waals surface area contributed by atoms with Crippen LogP contribution in [0.25, 0.3) is 10.8 Å². The van der Waals surface area contributed by atoms with Gasteiger partial charge in [-0.25, -0.2) is 5.10 Å². The van der Waals surface area contributed by atoms with Crippen molar-refractivity contribution < 1.29 is 4.74 Å². The molecule has 1 saturated heterocycles. The van der Waals surface area contributed by atoms with Gasteiger partial charge in [0.05, 0.1) is 24.6 Å². The van der Waals surface area contributed by atoms with Gasteiger partial charge in [0.2, 0.25) is 0 Å². The summed E-state index contributed by atoms with van der Waals surface area (Å²) in [6.07, 6.45) is 0. The first-order valence-electron chi connectivity index (χ1n) is 9.72. The number of nitrogens with one attached hydrogen (secondary N) is 2. The molecule has 6 nitrogen and oxygen atoms in total. The molecular weight excluding hydrogens is 352 g/mol. The summed E-state index contributed by atoms with van der Waals surface area (Å²) in [7, 11) is 0. The van der Waals surface area contributed by atoms with Gasteiger partial charge in [-0.05, 0) is 55.7 Å². The number of ether oxygens (including phenoxy) is 1. The third-order valence-electron chi connectivity index (χ3n) is 5.61. The van der Waals surface area contributed by atoms with E-state index in [1.54, 1.807) is 0 Å². The summed E-state index contributed by atoms with van der Waals surface area (Å²) in [4.78, 5) is 14.6. The molecule has 4 rings (SSSR count). The van der Waals surface area contributed by atoms with Gasteiger partial charge in [0.25, 0.3) is 5.56 Å². The van der Waals surface area contributed by atoms with Gasteiger partial charge >= 0.3 is 0 Å².